The summed E-state index contributed by atoms with van der Waals surface area (Å²) in [6, 6.07) is 54.5. The second-order valence-electron chi connectivity index (χ2n) is 12.8. The fourth-order valence-electron chi connectivity index (χ4n) is 8.03. The van der Waals surface area contributed by atoms with E-state index in [4.69, 9.17) is 8.83 Å². The second kappa shape index (κ2) is 10.2. The number of rotatable bonds is 3. The summed E-state index contributed by atoms with van der Waals surface area (Å²) in [6.07, 6.45) is 0. The summed E-state index contributed by atoms with van der Waals surface area (Å²) in [5.41, 5.74) is 8.62. The average molecular weight is 643 g/mol. The van der Waals surface area contributed by atoms with Crippen LogP contribution in [0, 0.1) is 0 Å². The highest BCUT2D eigenvalue weighted by Gasteiger charge is 2.22. The lowest BCUT2D eigenvalue weighted by molar-refractivity contribution is 0.632. The number of benzene rings is 8. The molecule has 0 saturated heterocycles. The van der Waals surface area contributed by atoms with Crippen LogP contribution in [-0.4, -0.2) is 0 Å². The van der Waals surface area contributed by atoms with Crippen molar-refractivity contribution in [2.24, 2.45) is 0 Å². The Morgan fingerprint density at radius 2 is 0.959 bits per heavy atom. The van der Waals surface area contributed by atoms with Crippen molar-refractivity contribution in [1.29, 1.82) is 0 Å². The van der Waals surface area contributed by atoms with Crippen LogP contribution in [0.2, 0.25) is 0 Å². The summed E-state index contributed by atoms with van der Waals surface area (Å²) in [5.74, 6) is 0.895. The molecule has 8 aromatic carbocycles. The molecule has 0 N–H and O–H groups in total. The Morgan fingerprint density at radius 3 is 1.71 bits per heavy atom. The Morgan fingerprint density at radius 1 is 0.367 bits per heavy atom. The summed E-state index contributed by atoms with van der Waals surface area (Å²) in [6.45, 7) is 0. The van der Waals surface area contributed by atoms with Gasteiger partial charge in [-0.05, 0) is 108 Å². The lowest BCUT2D eigenvalue weighted by Gasteiger charge is -2.18. The second-order valence-corrected chi connectivity index (χ2v) is 13.7. The molecule has 0 aliphatic carbocycles. The zero-order chi connectivity index (χ0) is 32.1. The average Bonchev–Trinajstić information content (AvgIpc) is 3.90. The number of thiophene rings is 1. The number of hydrogen-bond acceptors (Lipinski definition) is 3. The van der Waals surface area contributed by atoms with E-state index in [1.165, 1.54) is 64.7 Å². The summed E-state index contributed by atoms with van der Waals surface area (Å²) in [5, 5.41) is 14.0. The normalized spacial score (nSPS) is 12.1. The third kappa shape index (κ3) is 3.88. The van der Waals surface area contributed by atoms with Gasteiger partial charge in [-0.25, -0.2) is 0 Å². The lowest BCUT2D eigenvalue weighted by atomic mass is 9.84. The monoisotopic (exact) mass is 642 g/mol. The molecule has 0 amide bonds. The van der Waals surface area contributed by atoms with Gasteiger partial charge in [-0.3, -0.25) is 0 Å². The van der Waals surface area contributed by atoms with E-state index >= 15 is 0 Å². The molecule has 3 heteroatoms. The van der Waals surface area contributed by atoms with Crippen molar-refractivity contribution >= 4 is 86.6 Å². The SMILES string of the molecule is c1ccc2cc3c(cc2c1)oc1cccc(-c2c4ccccc4c(-c4cccc5oc(-c6cccc7ccsc67)cc45)c4ccccc24)c13. The van der Waals surface area contributed by atoms with Gasteiger partial charge < -0.3 is 8.83 Å². The van der Waals surface area contributed by atoms with Gasteiger partial charge in [-0.2, -0.15) is 0 Å². The Bertz CT molecular complexity index is 3060. The minimum absolute atomic E-state index is 0.889. The van der Waals surface area contributed by atoms with Gasteiger partial charge in [0, 0.05) is 26.4 Å². The summed E-state index contributed by atoms with van der Waals surface area (Å²) < 4.78 is 14.4. The summed E-state index contributed by atoms with van der Waals surface area (Å²) in [7, 11) is 0. The van der Waals surface area contributed by atoms with Crippen molar-refractivity contribution in [3.63, 3.8) is 0 Å². The zero-order valence-corrected chi connectivity index (χ0v) is 27.1. The standard InChI is InChI=1S/C46H26O2S/c1-2-11-29-25-41-38(24-28(29)10-1)45-36(19-9-21-40(45)48-41)44-32-15-5-3-13-30(32)43(31-14-4-6-16-33(31)44)34-17-8-20-39-37(34)26-42(47-39)35-18-7-12-27-22-23-49-46(27)35/h1-26H. The highest BCUT2D eigenvalue weighted by Crippen LogP contribution is 2.49. The van der Waals surface area contributed by atoms with Crippen LogP contribution in [0.1, 0.15) is 0 Å². The van der Waals surface area contributed by atoms with Gasteiger partial charge in [0.25, 0.3) is 0 Å². The predicted molar refractivity (Wildman–Crippen MR) is 208 cm³/mol. The molecule has 11 aromatic rings. The molecule has 0 radical (unpaired) electrons. The molecule has 0 atom stereocenters. The maximum atomic E-state index is 6.62. The van der Waals surface area contributed by atoms with Gasteiger partial charge in [-0.1, -0.05) is 109 Å². The van der Waals surface area contributed by atoms with E-state index in [0.29, 0.717) is 0 Å². The Hall–Kier alpha value is -6.16. The van der Waals surface area contributed by atoms with Gasteiger partial charge in [0.2, 0.25) is 0 Å². The Balaban J connectivity index is 1.22. The first-order valence-electron chi connectivity index (χ1n) is 16.6. The van der Waals surface area contributed by atoms with Crippen molar-refractivity contribution in [3.05, 3.63) is 157 Å². The molecule has 0 aliphatic heterocycles. The Kier molecular flexibility index (Phi) is 5.57. The highest BCUT2D eigenvalue weighted by atomic mass is 32.1. The van der Waals surface area contributed by atoms with E-state index in [1.54, 1.807) is 11.3 Å². The van der Waals surface area contributed by atoms with E-state index in [-0.39, 0.29) is 0 Å². The van der Waals surface area contributed by atoms with E-state index in [2.05, 4.69) is 157 Å². The molecular formula is C46H26O2S. The first-order chi connectivity index (χ1) is 24.3. The van der Waals surface area contributed by atoms with Gasteiger partial charge in [0.15, 0.2) is 0 Å². The molecule has 0 saturated carbocycles. The molecule has 0 unspecified atom stereocenters. The molecule has 0 spiro atoms. The maximum Gasteiger partial charge on any atom is 0.136 e. The predicted octanol–water partition coefficient (Wildman–Crippen LogP) is 14.0. The van der Waals surface area contributed by atoms with Crippen LogP contribution >= 0.6 is 11.3 Å². The van der Waals surface area contributed by atoms with Crippen LogP contribution in [0.5, 0.6) is 0 Å². The zero-order valence-electron chi connectivity index (χ0n) is 26.2. The molecular weight excluding hydrogens is 617 g/mol. The van der Waals surface area contributed by atoms with Gasteiger partial charge in [0.1, 0.15) is 22.5 Å². The van der Waals surface area contributed by atoms with Crippen LogP contribution in [0.3, 0.4) is 0 Å². The Labute approximate surface area is 285 Å². The third-order valence-electron chi connectivity index (χ3n) is 10.1. The minimum Gasteiger partial charge on any atom is -0.456 e. The largest absolute Gasteiger partial charge is 0.456 e. The van der Waals surface area contributed by atoms with Crippen molar-refractivity contribution in [2.75, 3.05) is 0 Å². The fraction of sp³-hybridized carbons (Fsp3) is 0. The lowest BCUT2D eigenvalue weighted by Crippen LogP contribution is -1.91. The molecule has 0 bridgehead atoms. The highest BCUT2D eigenvalue weighted by molar-refractivity contribution is 7.17. The quantitative estimate of drug-likeness (QED) is 0.179. The first-order valence-corrected chi connectivity index (χ1v) is 17.5. The van der Waals surface area contributed by atoms with Crippen LogP contribution < -0.4 is 0 Å². The van der Waals surface area contributed by atoms with Crippen molar-refractivity contribution in [1.82, 2.24) is 0 Å². The number of fused-ring (bicyclic) bond motifs is 8. The topological polar surface area (TPSA) is 26.3 Å². The molecule has 228 valence electrons. The minimum atomic E-state index is 0.889. The van der Waals surface area contributed by atoms with Crippen LogP contribution in [0.4, 0.5) is 0 Å². The van der Waals surface area contributed by atoms with Crippen molar-refractivity contribution < 1.29 is 8.83 Å². The molecule has 3 aromatic heterocycles. The third-order valence-corrected chi connectivity index (χ3v) is 11.1. The van der Waals surface area contributed by atoms with E-state index < -0.39 is 0 Å². The van der Waals surface area contributed by atoms with Gasteiger partial charge in [0.05, 0.1) is 0 Å². The first kappa shape index (κ1) is 26.9. The number of furan rings is 2. The maximum absolute atomic E-state index is 6.62. The van der Waals surface area contributed by atoms with E-state index in [9.17, 15) is 0 Å². The molecule has 2 nitrogen and oxygen atoms in total. The fourth-order valence-corrected chi connectivity index (χ4v) is 8.95. The summed E-state index contributed by atoms with van der Waals surface area (Å²) in [4.78, 5) is 0. The van der Waals surface area contributed by atoms with Crippen molar-refractivity contribution in [3.8, 4) is 33.6 Å². The van der Waals surface area contributed by atoms with Gasteiger partial charge >= 0.3 is 0 Å². The smallest absolute Gasteiger partial charge is 0.136 e. The van der Waals surface area contributed by atoms with Crippen molar-refractivity contribution in [2.45, 2.75) is 0 Å². The van der Waals surface area contributed by atoms with E-state index in [1.807, 2.05) is 0 Å². The molecule has 0 aliphatic rings. The molecule has 0 fully saturated rings. The molecule has 3 heterocycles. The molecule has 11 rings (SSSR count). The van der Waals surface area contributed by atoms with Crippen LogP contribution in [-0.2, 0) is 0 Å². The number of hydrogen-bond donors (Lipinski definition) is 0. The van der Waals surface area contributed by atoms with Crippen LogP contribution in [0.25, 0.3) is 109 Å². The van der Waals surface area contributed by atoms with Gasteiger partial charge in [-0.15, -0.1) is 11.3 Å². The van der Waals surface area contributed by atoms with E-state index in [0.717, 1.165) is 44.2 Å². The summed E-state index contributed by atoms with van der Waals surface area (Å²) >= 11 is 1.76. The molecule has 49 heavy (non-hydrogen) atoms. The van der Waals surface area contributed by atoms with Crippen LogP contribution in [0.15, 0.2) is 166 Å².